The fourth-order valence-corrected chi connectivity index (χ4v) is 2.59. The molecular weight excluding hydrogens is 368 g/mol. The first-order valence-electron chi connectivity index (χ1n) is 6.41. The molecule has 22 heavy (non-hydrogen) atoms. The third kappa shape index (κ3) is 4.81. The maximum atomic E-state index is 12.0. The topological polar surface area (TPSA) is 87.2 Å². The summed E-state index contributed by atoms with van der Waals surface area (Å²) < 4.78 is 0.917. The molecule has 0 aliphatic carbocycles. The number of nitrogens with one attached hydrogen (secondary N) is 2. The number of amides is 1. The first-order valence-corrected chi connectivity index (χ1v) is 8.19. The third-order valence-electron chi connectivity index (χ3n) is 2.46. The molecule has 1 heterocycles. The molecule has 0 aliphatic rings. The van der Waals surface area contributed by atoms with E-state index in [9.17, 15) is 9.59 Å². The second-order valence-corrected chi connectivity index (χ2v) is 6.29. The first-order chi connectivity index (χ1) is 10.6. The van der Waals surface area contributed by atoms with Crippen molar-refractivity contribution in [3.05, 3.63) is 56.4 Å². The SMILES string of the molecule is CCSc1nc(C(=O)N/N=C\c2cccc(Br)c2)cc(=O)[nH]1. The summed E-state index contributed by atoms with van der Waals surface area (Å²) in [4.78, 5) is 30.1. The largest absolute Gasteiger partial charge is 0.301 e. The number of carbonyl (C=O) groups excluding carboxylic acids is 1. The van der Waals surface area contributed by atoms with Gasteiger partial charge in [0.1, 0.15) is 5.69 Å². The fourth-order valence-electron chi connectivity index (χ4n) is 1.57. The molecule has 1 aromatic heterocycles. The molecule has 114 valence electrons. The number of hydrogen-bond acceptors (Lipinski definition) is 5. The van der Waals surface area contributed by atoms with E-state index in [2.05, 4.69) is 36.4 Å². The summed E-state index contributed by atoms with van der Waals surface area (Å²) in [6.45, 7) is 1.93. The van der Waals surface area contributed by atoms with Crippen LogP contribution in [0.5, 0.6) is 0 Å². The number of carbonyl (C=O) groups is 1. The van der Waals surface area contributed by atoms with E-state index in [4.69, 9.17) is 0 Å². The molecule has 8 heteroatoms. The lowest BCUT2D eigenvalue weighted by atomic mass is 10.2. The minimum absolute atomic E-state index is 0.0334. The lowest BCUT2D eigenvalue weighted by Crippen LogP contribution is -2.22. The molecule has 0 saturated heterocycles. The molecule has 0 atom stereocenters. The van der Waals surface area contributed by atoms with E-state index < -0.39 is 5.91 Å². The standard InChI is InChI=1S/C14H13BrN4O2S/c1-2-22-14-17-11(7-12(20)18-14)13(21)19-16-8-9-4-3-5-10(15)6-9/h3-8H,2H2,1H3,(H,19,21)(H,17,18,20)/b16-8-. The molecular formula is C14H13BrN4O2S. The lowest BCUT2D eigenvalue weighted by molar-refractivity contribution is 0.0949. The van der Waals surface area contributed by atoms with Gasteiger partial charge in [-0.3, -0.25) is 9.59 Å². The Morgan fingerprint density at radius 2 is 2.32 bits per heavy atom. The number of rotatable bonds is 5. The van der Waals surface area contributed by atoms with Gasteiger partial charge in [-0.15, -0.1) is 0 Å². The maximum absolute atomic E-state index is 12.0. The number of hydrazone groups is 1. The van der Waals surface area contributed by atoms with Gasteiger partial charge in [-0.25, -0.2) is 10.4 Å². The fraction of sp³-hybridized carbons (Fsp3) is 0.143. The van der Waals surface area contributed by atoms with Crippen molar-refractivity contribution in [2.24, 2.45) is 5.10 Å². The summed E-state index contributed by atoms with van der Waals surface area (Å²) in [5, 5.41) is 4.27. The van der Waals surface area contributed by atoms with Gasteiger partial charge >= 0.3 is 0 Å². The van der Waals surface area contributed by atoms with Crippen LogP contribution in [0.3, 0.4) is 0 Å². The van der Waals surface area contributed by atoms with E-state index in [1.807, 2.05) is 31.2 Å². The lowest BCUT2D eigenvalue weighted by Gasteiger charge is -2.01. The quantitative estimate of drug-likeness (QED) is 0.360. The van der Waals surface area contributed by atoms with Crippen molar-refractivity contribution in [2.75, 3.05) is 5.75 Å². The van der Waals surface area contributed by atoms with Crippen molar-refractivity contribution in [3.63, 3.8) is 0 Å². The average Bonchev–Trinajstić information content (AvgIpc) is 2.47. The van der Waals surface area contributed by atoms with Gasteiger partial charge < -0.3 is 4.98 Å². The number of hydrogen-bond donors (Lipinski definition) is 2. The molecule has 2 aromatic rings. The van der Waals surface area contributed by atoms with E-state index in [1.165, 1.54) is 18.0 Å². The minimum atomic E-state index is -0.532. The van der Waals surface area contributed by atoms with Gasteiger partial charge in [-0.1, -0.05) is 46.7 Å². The Kier molecular flexibility index (Phi) is 5.91. The van der Waals surface area contributed by atoms with Gasteiger partial charge in [-0.05, 0) is 23.4 Å². The van der Waals surface area contributed by atoms with Crippen LogP contribution in [0.2, 0.25) is 0 Å². The molecule has 0 bridgehead atoms. The summed E-state index contributed by atoms with van der Waals surface area (Å²) in [5.74, 6) is 0.213. The number of aromatic nitrogens is 2. The van der Waals surface area contributed by atoms with Crippen molar-refractivity contribution < 1.29 is 4.79 Å². The summed E-state index contributed by atoms with van der Waals surface area (Å²) in [7, 11) is 0. The van der Waals surface area contributed by atoms with Crippen molar-refractivity contribution >= 4 is 39.8 Å². The van der Waals surface area contributed by atoms with Crippen molar-refractivity contribution in [3.8, 4) is 0 Å². The zero-order valence-electron chi connectivity index (χ0n) is 11.7. The molecule has 2 N–H and O–H groups in total. The Morgan fingerprint density at radius 3 is 3.05 bits per heavy atom. The molecule has 0 radical (unpaired) electrons. The van der Waals surface area contributed by atoms with Crippen molar-refractivity contribution in [2.45, 2.75) is 12.1 Å². The molecule has 1 amide bonds. The summed E-state index contributed by atoms with van der Waals surface area (Å²) in [5.41, 5.74) is 2.85. The summed E-state index contributed by atoms with van der Waals surface area (Å²) >= 11 is 4.70. The van der Waals surface area contributed by atoms with Crippen LogP contribution < -0.4 is 11.0 Å². The Bertz CT molecular complexity index is 761. The van der Waals surface area contributed by atoms with Crippen LogP contribution in [0.25, 0.3) is 0 Å². The van der Waals surface area contributed by atoms with Gasteiger partial charge in [0.25, 0.3) is 11.5 Å². The molecule has 1 aromatic carbocycles. The summed E-state index contributed by atoms with van der Waals surface area (Å²) in [6, 6.07) is 8.60. The Labute approximate surface area is 139 Å². The number of aromatic amines is 1. The monoisotopic (exact) mass is 380 g/mol. The van der Waals surface area contributed by atoms with Gasteiger partial charge in [-0.2, -0.15) is 5.10 Å². The maximum Gasteiger partial charge on any atom is 0.290 e. The number of halogens is 1. The Hall–Kier alpha value is -1.93. The highest BCUT2D eigenvalue weighted by Crippen LogP contribution is 2.10. The number of nitrogens with zero attached hydrogens (tertiary/aromatic N) is 2. The first kappa shape index (κ1) is 16.4. The van der Waals surface area contributed by atoms with E-state index in [1.54, 1.807) is 0 Å². The molecule has 0 saturated carbocycles. The van der Waals surface area contributed by atoms with Crippen LogP contribution in [0.1, 0.15) is 23.0 Å². The predicted octanol–water partition coefficient (Wildman–Crippen LogP) is 2.41. The highest BCUT2D eigenvalue weighted by Gasteiger charge is 2.09. The average molecular weight is 381 g/mol. The van der Waals surface area contributed by atoms with Crippen LogP contribution >= 0.6 is 27.7 Å². The minimum Gasteiger partial charge on any atom is -0.301 e. The highest BCUT2D eigenvalue weighted by atomic mass is 79.9. The smallest absolute Gasteiger partial charge is 0.290 e. The van der Waals surface area contributed by atoms with E-state index in [0.717, 1.165) is 21.9 Å². The van der Waals surface area contributed by atoms with E-state index in [0.29, 0.717) is 5.16 Å². The molecule has 0 spiro atoms. The van der Waals surface area contributed by atoms with Crippen LogP contribution in [0.4, 0.5) is 0 Å². The molecule has 6 nitrogen and oxygen atoms in total. The van der Waals surface area contributed by atoms with Gasteiger partial charge in [0, 0.05) is 10.5 Å². The molecule has 0 fully saturated rings. The van der Waals surface area contributed by atoms with Crippen LogP contribution in [-0.2, 0) is 0 Å². The van der Waals surface area contributed by atoms with E-state index >= 15 is 0 Å². The second kappa shape index (κ2) is 7.90. The Morgan fingerprint density at radius 1 is 1.50 bits per heavy atom. The number of benzene rings is 1. The van der Waals surface area contributed by atoms with Gasteiger partial charge in [0.05, 0.1) is 6.21 Å². The summed E-state index contributed by atoms with van der Waals surface area (Å²) in [6.07, 6.45) is 1.51. The zero-order valence-corrected chi connectivity index (χ0v) is 14.1. The van der Waals surface area contributed by atoms with Crippen LogP contribution in [0, 0.1) is 0 Å². The van der Waals surface area contributed by atoms with Crippen LogP contribution in [-0.4, -0.2) is 27.8 Å². The van der Waals surface area contributed by atoms with E-state index in [-0.39, 0.29) is 11.3 Å². The second-order valence-electron chi connectivity index (χ2n) is 4.12. The zero-order chi connectivity index (χ0) is 15.9. The normalized spacial score (nSPS) is 10.8. The predicted molar refractivity (Wildman–Crippen MR) is 90.5 cm³/mol. The molecule has 0 unspecified atom stereocenters. The molecule has 2 rings (SSSR count). The van der Waals surface area contributed by atoms with Crippen molar-refractivity contribution in [1.29, 1.82) is 0 Å². The third-order valence-corrected chi connectivity index (χ3v) is 3.71. The number of thioether (sulfide) groups is 1. The van der Waals surface area contributed by atoms with Gasteiger partial charge in [0.2, 0.25) is 0 Å². The molecule has 0 aliphatic heterocycles. The Balaban J connectivity index is 2.07. The van der Waals surface area contributed by atoms with Gasteiger partial charge in [0.15, 0.2) is 5.16 Å². The highest BCUT2D eigenvalue weighted by molar-refractivity contribution is 9.10. The van der Waals surface area contributed by atoms with Crippen LogP contribution in [0.15, 0.2) is 49.9 Å². The van der Waals surface area contributed by atoms with Crippen molar-refractivity contribution in [1.82, 2.24) is 15.4 Å². The number of H-pyrrole nitrogens is 1.